The second-order valence-corrected chi connectivity index (χ2v) is 6.94. The molecular formula is C17H21N3OS. The zero-order valence-electron chi connectivity index (χ0n) is 13.0. The molecule has 2 N–H and O–H groups in total. The van der Waals surface area contributed by atoms with Gasteiger partial charge in [-0.2, -0.15) is 0 Å². The normalized spacial score (nSPS) is 15.2. The van der Waals surface area contributed by atoms with Crippen LogP contribution >= 0.6 is 11.3 Å². The van der Waals surface area contributed by atoms with Crippen molar-refractivity contribution in [1.29, 1.82) is 0 Å². The Morgan fingerprint density at radius 3 is 2.95 bits per heavy atom. The van der Waals surface area contributed by atoms with Crippen LogP contribution < -0.4 is 10.6 Å². The molecule has 1 aromatic heterocycles. The minimum atomic E-state index is -0.0543. The second-order valence-electron chi connectivity index (χ2n) is 6.05. The van der Waals surface area contributed by atoms with Crippen LogP contribution in [-0.2, 0) is 17.6 Å². The van der Waals surface area contributed by atoms with E-state index in [-0.39, 0.29) is 11.9 Å². The van der Waals surface area contributed by atoms with Crippen LogP contribution in [-0.4, -0.2) is 17.4 Å². The molecule has 4 nitrogen and oxygen atoms in total. The highest BCUT2D eigenvalue weighted by atomic mass is 32.1. The first-order valence-electron chi connectivity index (χ1n) is 7.64. The van der Waals surface area contributed by atoms with Gasteiger partial charge >= 0.3 is 0 Å². The lowest BCUT2D eigenvalue weighted by atomic mass is 10.1. The van der Waals surface area contributed by atoms with E-state index in [0.29, 0.717) is 12.3 Å². The molecule has 1 amide bonds. The SMILES string of the molecule is CC(C)C(N)c1nc(CC(=O)N2CCc3ccccc32)cs1. The molecule has 0 spiro atoms. The number of nitrogens with two attached hydrogens (primary N) is 1. The third-order valence-corrected chi connectivity index (χ3v) is 5.09. The maximum absolute atomic E-state index is 12.5. The van der Waals surface area contributed by atoms with E-state index in [1.54, 1.807) is 11.3 Å². The molecule has 0 bridgehead atoms. The Bertz CT molecular complexity index is 680. The molecule has 1 aliphatic heterocycles. The van der Waals surface area contributed by atoms with Crippen LogP contribution in [0.15, 0.2) is 29.6 Å². The summed E-state index contributed by atoms with van der Waals surface area (Å²) in [5, 5.41) is 2.87. The maximum Gasteiger partial charge on any atom is 0.233 e. The number of nitrogens with zero attached hydrogens (tertiary/aromatic N) is 2. The molecule has 0 fully saturated rings. The van der Waals surface area contributed by atoms with Crippen molar-refractivity contribution in [3.05, 3.63) is 45.9 Å². The van der Waals surface area contributed by atoms with Crippen molar-refractivity contribution in [2.75, 3.05) is 11.4 Å². The zero-order chi connectivity index (χ0) is 15.7. The summed E-state index contributed by atoms with van der Waals surface area (Å²) in [6, 6.07) is 8.05. The number of fused-ring (bicyclic) bond motifs is 1. The van der Waals surface area contributed by atoms with E-state index in [0.717, 1.165) is 29.4 Å². The van der Waals surface area contributed by atoms with E-state index in [9.17, 15) is 4.79 Å². The van der Waals surface area contributed by atoms with E-state index in [1.807, 2.05) is 28.5 Å². The lowest BCUT2D eigenvalue weighted by molar-refractivity contribution is -0.117. The average molecular weight is 315 g/mol. The van der Waals surface area contributed by atoms with Gasteiger partial charge in [-0.25, -0.2) is 4.98 Å². The predicted molar refractivity (Wildman–Crippen MR) is 90.1 cm³/mol. The number of thiazole rings is 1. The van der Waals surface area contributed by atoms with Gasteiger partial charge in [0.1, 0.15) is 5.01 Å². The van der Waals surface area contributed by atoms with Crippen LogP contribution in [0.4, 0.5) is 5.69 Å². The minimum absolute atomic E-state index is 0.0543. The summed E-state index contributed by atoms with van der Waals surface area (Å²) in [6.07, 6.45) is 1.28. The first-order chi connectivity index (χ1) is 10.6. The fraction of sp³-hybridized carbons (Fsp3) is 0.412. The molecule has 116 valence electrons. The molecule has 0 saturated carbocycles. The highest BCUT2D eigenvalue weighted by Gasteiger charge is 2.25. The van der Waals surface area contributed by atoms with Crippen molar-refractivity contribution in [2.45, 2.75) is 32.7 Å². The van der Waals surface area contributed by atoms with Crippen molar-refractivity contribution < 1.29 is 4.79 Å². The number of hydrogen-bond donors (Lipinski definition) is 1. The molecule has 0 radical (unpaired) electrons. The van der Waals surface area contributed by atoms with E-state index >= 15 is 0 Å². The summed E-state index contributed by atoms with van der Waals surface area (Å²) in [6.45, 7) is 4.93. The topological polar surface area (TPSA) is 59.2 Å². The van der Waals surface area contributed by atoms with Crippen LogP contribution in [0, 0.1) is 5.92 Å². The first-order valence-corrected chi connectivity index (χ1v) is 8.52. The number of hydrogen-bond acceptors (Lipinski definition) is 4. The van der Waals surface area contributed by atoms with Crippen LogP contribution in [0.25, 0.3) is 0 Å². The van der Waals surface area contributed by atoms with Crippen molar-refractivity contribution in [1.82, 2.24) is 4.98 Å². The van der Waals surface area contributed by atoms with Gasteiger partial charge < -0.3 is 10.6 Å². The number of carbonyl (C=O) groups excluding carboxylic acids is 1. The van der Waals surface area contributed by atoms with Gasteiger partial charge in [-0.1, -0.05) is 32.0 Å². The van der Waals surface area contributed by atoms with Gasteiger partial charge in [0.15, 0.2) is 0 Å². The summed E-state index contributed by atoms with van der Waals surface area (Å²) in [4.78, 5) is 19.0. The standard InChI is InChI=1S/C17H21N3OS/c1-11(2)16(18)17-19-13(10-22-17)9-15(21)20-8-7-12-5-3-4-6-14(12)20/h3-6,10-11,16H,7-9,18H2,1-2H3. The van der Waals surface area contributed by atoms with Gasteiger partial charge in [0.25, 0.3) is 0 Å². The van der Waals surface area contributed by atoms with Gasteiger partial charge in [0, 0.05) is 17.6 Å². The number of amides is 1. The van der Waals surface area contributed by atoms with Gasteiger partial charge in [-0.05, 0) is 24.0 Å². The fourth-order valence-electron chi connectivity index (χ4n) is 2.69. The minimum Gasteiger partial charge on any atom is -0.322 e. The van der Waals surface area contributed by atoms with Crippen molar-refractivity contribution in [3.63, 3.8) is 0 Å². The molecule has 2 aromatic rings. The summed E-state index contributed by atoms with van der Waals surface area (Å²) in [5.41, 5.74) is 9.23. The average Bonchev–Trinajstić information content (AvgIpc) is 3.12. The van der Waals surface area contributed by atoms with Crippen LogP contribution in [0.2, 0.25) is 0 Å². The number of rotatable bonds is 4. The maximum atomic E-state index is 12.5. The summed E-state index contributed by atoms with van der Waals surface area (Å²) < 4.78 is 0. The molecule has 2 heterocycles. The monoisotopic (exact) mass is 315 g/mol. The van der Waals surface area contributed by atoms with Crippen LogP contribution in [0.1, 0.15) is 36.2 Å². The molecule has 0 saturated heterocycles. The molecule has 22 heavy (non-hydrogen) atoms. The highest BCUT2D eigenvalue weighted by Crippen LogP contribution is 2.28. The predicted octanol–water partition coefficient (Wildman–Crippen LogP) is 2.93. The van der Waals surface area contributed by atoms with Crippen molar-refractivity contribution >= 4 is 22.9 Å². The Kier molecular flexibility index (Phi) is 4.27. The van der Waals surface area contributed by atoms with Gasteiger partial charge in [0.05, 0.1) is 18.2 Å². The molecule has 1 atom stereocenters. The molecule has 0 aliphatic carbocycles. The molecule has 5 heteroatoms. The van der Waals surface area contributed by atoms with Gasteiger partial charge in [-0.15, -0.1) is 11.3 Å². The summed E-state index contributed by atoms with van der Waals surface area (Å²) >= 11 is 1.55. The summed E-state index contributed by atoms with van der Waals surface area (Å²) in [7, 11) is 0. The van der Waals surface area contributed by atoms with Crippen LogP contribution in [0.5, 0.6) is 0 Å². The van der Waals surface area contributed by atoms with Crippen molar-refractivity contribution in [3.8, 4) is 0 Å². The van der Waals surface area contributed by atoms with Gasteiger partial charge in [-0.3, -0.25) is 4.79 Å². The fourth-order valence-corrected chi connectivity index (χ4v) is 3.68. The highest BCUT2D eigenvalue weighted by molar-refractivity contribution is 7.09. The van der Waals surface area contributed by atoms with E-state index in [4.69, 9.17) is 5.73 Å². The summed E-state index contributed by atoms with van der Waals surface area (Å²) in [5.74, 6) is 0.458. The lowest BCUT2D eigenvalue weighted by Crippen LogP contribution is -2.30. The quantitative estimate of drug-likeness (QED) is 0.943. The Balaban J connectivity index is 1.71. The molecule has 1 unspecified atom stereocenters. The second kappa shape index (κ2) is 6.18. The number of para-hydroxylation sites is 1. The largest absolute Gasteiger partial charge is 0.322 e. The number of anilines is 1. The Morgan fingerprint density at radius 1 is 1.41 bits per heavy atom. The number of benzene rings is 1. The van der Waals surface area contributed by atoms with E-state index in [1.165, 1.54) is 5.56 Å². The zero-order valence-corrected chi connectivity index (χ0v) is 13.8. The molecule has 1 aliphatic rings. The number of aromatic nitrogens is 1. The number of carbonyl (C=O) groups is 1. The van der Waals surface area contributed by atoms with Gasteiger partial charge in [0.2, 0.25) is 5.91 Å². The Morgan fingerprint density at radius 2 is 2.18 bits per heavy atom. The van der Waals surface area contributed by atoms with E-state index < -0.39 is 0 Å². The Labute approximate surface area is 135 Å². The lowest BCUT2D eigenvalue weighted by Gasteiger charge is -2.16. The van der Waals surface area contributed by atoms with Crippen molar-refractivity contribution in [2.24, 2.45) is 11.7 Å². The smallest absolute Gasteiger partial charge is 0.233 e. The van der Waals surface area contributed by atoms with E-state index in [2.05, 4.69) is 24.9 Å². The molecule has 3 rings (SSSR count). The molecular weight excluding hydrogens is 294 g/mol. The first kappa shape index (κ1) is 15.2. The Hall–Kier alpha value is -1.72. The third kappa shape index (κ3) is 2.91. The molecule has 1 aromatic carbocycles. The van der Waals surface area contributed by atoms with Crippen LogP contribution in [0.3, 0.4) is 0 Å². The third-order valence-electron chi connectivity index (χ3n) is 4.09.